The largest absolute Gasteiger partial charge is 0.497 e. The van der Waals surface area contributed by atoms with Crippen molar-refractivity contribution in [3.05, 3.63) is 23.8 Å². The van der Waals surface area contributed by atoms with Gasteiger partial charge >= 0.3 is 0 Å². The number of likely N-dealkylation sites (N-methyl/N-ethyl adjacent to an activating group) is 1. The van der Waals surface area contributed by atoms with E-state index in [1.807, 2.05) is 0 Å². The third-order valence-corrected chi connectivity index (χ3v) is 2.32. The third-order valence-electron chi connectivity index (χ3n) is 2.32. The molecule has 0 aliphatic heterocycles. The number of benzene rings is 1. The van der Waals surface area contributed by atoms with E-state index in [2.05, 4.69) is 5.32 Å². The van der Waals surface area contributed by atoms with E-state index in [1.165, 1.54) is 7.11 Å². The van der Waals surface area contributed by atoms with Gasteiger partial charge in [-0.15, -0.1) is 0 Å². The maximum Gasteiger partial charge on any atom is 0.239 e. The average molecular weight is 224 g/mol. The third kappa shape index (κ3) is 2.43. The first-order valence-electron chi connectivity index (χ1n) is 4.82. The highest BCUT2D eigenvalue weighted by atomic mass is 16.5. The van der Waals surface area contributed by atoms with Crippen LogP contribution < -0.4 is 20.5 Å². The highest BCUT2D eigenvalue weighted by Gasteiger charge is 2.19. The van der Waals surface area contributed by atoms with Gasteiger partial charge in [0.05, 0.1) is 14.2 Å². The first kappa shape index (κ1) is 12.3. The summed E-state index contributed by atoms with van der Waals surface area (Å²) in [6.45, 7) is 0. The summed E-state index contributed by atoms with van der Waals surface area (Å²) in [4.78, 5) is 11.2. The molecule has 0 heterocycles. The first-order valence-corrected chi connectivity index (χ1v) is 4.82. The van der Waals surface area contributed by atoms with E-state index in [4.69, 9.17) is 15.2 Å². The van der Waals surface area contributed by atoms with Crippen LogP contribution >= 0.6 is 0 Å². The number of primary amides is 1. The molecule has 0 spiro atoms. The minimum absolute atomic E-state index is 0.453. The van der Waals surface area contributed by atoms with Gasteiger partial charge in [0.1, 0.15) is 17.5 Å². The van der Waals surface area contributed by atoms with Crippen LogP contribution in [-0.4, -0.2) is 27.2 Å². The lowest BCUT2D eigenvalue weighted by Gasteiger charge is -2.16. The zero-order valence-corrected chi connectivity index (χ0v) is 9.61. The summed E-state index contributed by atoms with van der Waals surface area (Å²) >= 11 is 0. The van der Waals surface area contributed by atoms with Gasteiger partial charge in [0, 0.05) is 11.6 Å². The molecule has 3 N–H and O–H groups in total. The van der Waals surface area contributed by atoms with Gasteiger partial charge in [-0.3, -0.25) is 4.79 Å². The zero-order valence-electron chi connectivity index (χ0n) is 9.61. The van der Waals surface area contributed by atoms with Crippen molar-refractivity contribution < 1.29 is 14.3 Å². The number of rotatable bonds is 5. The summed E-state index contributed by atoms with van der Waals surface area (Å²) in [5.74, 6) is 0.781. The highest BCUT2D eigenvalue weighted by molar-refractivity contribution is 5.82. The molecule has 88 valence electrons. The van der Waals surface area contributed by atoms with Crippen molar-refractivity contribution in [3.8, 4) is 11.5 Å². The fourth-order valence-electron chi connectivity index (χ4n) is 1.51. The quantitative estimate of drug-likeness (QED) is 0.761. The van der Waals surface area contributed by atoms with E-state index in [1.54, 1.807) is 32.4 Å². The number of amides is 1. The summed E-state index contributed by atoms with van der Waals surface area (Å²) < 4.78 is 10.3. The predicted molar refractivity (Wildman–Crippen MR) is 60.5 cm³/mol. The Morgan fingerprint density at radius 3 is 2.50 bits per heavy atom. The number of nitrogens with two attached hydrogens (primary N) is 1. The topological polar surface area (TPSA) is 73.6 Å². The predicted octanol–water partition coefficient (Wildman–Crippen LogP) is 0.450. The van der Waals surface area contributed by atoms with Crippen molar-refractivity contribution in [2.75, 3.05) is 21.3 Å². The Morgan fingerprint density at radius 1 is 1.38 bits per heavy atom. The summed E-state index contributed by atoms with van der Waals surface area (Å²) in [5, 5.41) is 2.83. The highest BCUT2D eigenvalue weighted by Crippen LogP contribution is 2.29. The molecule has 0 aliphatic carbocycles. The van der Waals surface area contributed by atoms with Crippen LogP contribution in [0.1, 0.15) is 11.6 Å². The van der Waals surface area contributed by atoms with Crippen LogP contribution in [0, 0.1) is 0 Å². The molecular weight excluding hydrogens is 208 g/mol. The van der Waals surface area contributed by atoms with Gasteiger partial charge in [-0.1, -0.05) is 0 Å². The van der Waals surface area contributed by atoms with Crippen LogP contribution in [0.2, 0.25) is 0 Å². The van der Waals surface area contributed by atoms with Gasteiger partial charge in [0.15, 0.2) is 0 Å². The summed E-state index contributed by atoms with van der Waals surface area (Å²) in [6.07, 6.45) is 0. The fourth-order valence-corrected chi connectivity index (χ4v) is 1.51. The second kappa shape index (κ2) is 5.37. The molecule has 1 aromatic rings. The second-order valence-corrected chi connectivity index (χ2v) is 3.23. The lowest BCUT2D eigenvalue weighted by Crippen LogP contribution is -2.31. The Morgan fingerprint density at radius 2 is 2.06 bits per heavy atom. The molecule has 1 unspecified atom stereocenters. The Hall–Kier alpha value is -1.75. The molecule has 1 amide bonds. The number of nitrogens with one attached hydrogen (secondary N) is 1. The van der Waals surface area contributed by atoms with Crippen molar-refractivity contribution in [1.82, 2.24) is 5.32 Å². The lowest BCUT2D eigenvalue weighted by molar-refractivity contribution is -0.120. The number of carbonyl (C=O) groups excluding carboxylic acids is 1. The van der Waals surface area contributed by atoms with E-state index in [0.717, 1.165) is 0 Å². The van der Waals surface area contributed by atoms with E-state index in [0.29, 0.717) is 17.1 Å². The number of hydrogen-bond donors (Lipinski definition) is 2. The minimum Gasteiger partial charge on any atom is -0.497 e. The Balaban J connectivity index is 3.16. The van der Waals surface area contributed by atoms with Crippen molar-refractivity contribution >= 4 is 5.91 Å². The summed E-state index contributed by atoms with van der Waals surface area (Å²) in [5.41, 5.74) is 5.98. The molecule has 0 bridgehead atoms. The molecule has 16 heavy (non-hydrogen) atoms. The molecule has 1 aromatic carbocycles. The van der Waals surface area contributed by atoms with Crippen LogP contribution in [0.3, 0.4) is 0 Å². The summed E-state index contributed by atoms with van der Waals surface area (Å²) in [6, 6.07) is 4.65. The van der Waals surface area contributed by atoms with Gasteiger partial charge in [-0.2, -0.15) is 0 Å². The average Bonchev–Trinajstić information content (AvgIpc) is 2.29. The van der Waals surface area contributed by atoms with Gasteiger partial charge in [-0.25, -0.2) is 0 Å². The Kier molecular flexibility index (Phi) is 4.13. The van der Waals surface area contributed by atoms with Crippen molar-refractivity contribution in [1.29, 1.82) is 0 Å². The number of ether oxygens (including phenoxy) is 2. The van der Waals surface area contributed by atoms with Crippen LogP contribution in [0.15, 0.2) is 18.2 Å². The molecule has 0 fully saturated rings. The molecule has 0 aromatic heterocycles. The van der Waals surface area contributed by atoms with Crippen LogP contribution in [0.4, 0.5) is 0 Å². The van der Waals surface area contributed by atoms with E-state index in [9.17, 15) is 4.79 Å². The van der Waals surface area contributed by atoms with Crippen molar-refractivity contribution in [2.45, 2.75) is 6.04 Å². The van der Waals surface area contributed by atoms with Crippen LogP contribution in [0.25, 0.3) is 0 Å². The Labute approximate surface area is 94.5 Å². The summed E-state index contributed by atoms with van der Waals surface area (Å²) in [7, 11) is 4.77. The fraction of sp³-hybridized carbons (Fsp3) is 0.364. The molecule has 5 heteroatoms. The van der Waals surface area contributed by atoms with E-state index < -0.39 is 11.9 Å². The van der Waals surface area contributed by atoms with Gasteiger partial charge < -0.3 is 20.5 Å². The van der Waals surface area contributed by atoms with Crippen molar-refractivity contribution in [3.63, 3.8) is 0 Å². The molecule has 0 radical (unpaired) electrons. The smallest absolute Gasteiger partial charge is 0.239 e. The normalized spacial score (nSPS) is 11.9. The molecule has 0 saturated heterocycles. The standard InChI is InChI=1S/C11H16N2O3/c1-13-10(11(12)14)8-5-4-7(15-2)6-9(8)16-3/h4-6,10,13H,1-3H3,(H2,12,14). The maximum absolute atomic E-state index is 11.2. The maximum atomic E-state index is 11.2. The van der Waals surface area contributed by atoms with E-state index in [-0.39, 0.29) is 0 Å². The zero-order chi connectivity index (χ0) is 12.1. The van der Waals surface area contributed by atoms with Gasteiger partial charge in [0.2, 0.25) is 5.91 Å². The second-order valence-electron chi connectivity index (χ2n) is 3.23. The van der Waals surface area contributed by atoms with Crippen LogP contribution in [-0.2, 0) is 4.79 Å². The van der Waals surface area contributed by atoms with Gasteiger partial charge in [-0.05, 0) is 19.2 Å². The van der Waals surface area contributed by atoms with Crippen LogP contribution in [0.5, 0.6) is 11.5 Å². The SMILES string of the molecule is CNC(C(N)=O)c1ccc(OC)cc1OC. The molecule has 0 saturated carbocycles. The molecule has 1 atom stereocenters. The number of hydrogen-bond acceptors (Lipinski definition) is 4. The molecule has 0 aliphatic rings. The first-order chi connectivity index (χ1) is 7.63. The minimum atomic E-state index is -0.569. The number of carbonyl (C=O) groups is 1. The molecule has 5 nitrogen and oxygen atoms in total. The number of methoxy groups -OCH3 is 2. The lowest BCUT2D eigenvalue weighted by atomic mass is 10.1. The monoisotopic (exact) mass is 224 g/mol. The van der Waals surface area contributed by atoms with Crippen molar-refractivity contribution in [2.24, 2.45) is 5.73 Å². The van der Waals surface area contributed by atoms with E-state index >= 15 is 0 Å². The van der Waals surface area contributed by atoms with Gasteiger partial charge in [0.25, 0.3) is 0 Å². The molecule has 1 rings (SSSR count). The Bertz CT molecular complexity index is 379. The molecular formula is C11H16N2O3.